The van der Waals surface area contributed by atoms with Crippen LogP contribution in [0.25, 0.3) is 0 Å². The van der Waals surface area contributed by atoms with Crippen molar-refractivity contribution in [2.45, 2.75) is 70.1 Å². The molecule has 9 heteroatoms. The molecule has 3 amide bonds. The number of nitrogens with one attached hydrogen (secondary N) is 1. The van der Waals surface area contributed by atoms with Crippen molar-refractivity contribution in [2.24, 2.45) is 11.7 Å². The molecule has 2 aliphatic rings. The molecule has 0 bridgehead atoms. The average molecular weight is 459 g/mol. The number of carbonyl (C=O) groups excluding carboxylic acids is 3. The summed E-state index contributed by atoms with van der Waals surface area (Å²) in [6.07, 6.45) is 2.50. The average Bonchev–Trinajstić information content (AvgIpc) is 3.47. The SMILES string of the molecule is CC(C)[C@H](N)C(=O)N1CCC[C@H]1C(=O)N1CCC[C@H]1C(=O)N[C@@H](Cc1ccccc1)C(=O)O. The summed E-state index contributed by atoms with van der Waals surface area (Å²) in [5.74, 6) is -2.15. The van der Waals surface area contributed by atoms with E-state index in [0.29, 0.717) is 38.8 Å². The van der Waals surface area contributed by atoms with E-state index in [1.54, 1.807) is 17.0 Å². The lowest BCUT2D eigenvalue weighted by Gasteiger charge is -2.33. The van der Waals surface area contributed by atoms with E-state index < -0.39 is 36.0 Å². The van der Waals surface area contributed by atoms with Gasteiger partial charge < -0.3 is 26.0 Å². The molecule has 0 saturated carbocycles. The molecule has 0 aliphatic carbocycles. The fourth-order valence-electron chi connectivity index (χ4n) is 4.58. The minimum absolute atomic E-state index is 0.0447. The number of likely N-dealkylation sites (tertiary alicyclic amines) is 2. The summed E-state index contributed by atoms with van der Waals surface area (Å²) in [4.78, 5) is 54.0. The normalized spacial score (nSPS) is 22.3. The summed E-state index contributed by atoms with van der Waals surface area (Å²) >= 11 is 0. The molecule has 4 atom stereocenters. The second-order valence-electron chi connectivity index (χ2n) is 9.24. The molecular formula is C24H34N4O5. The molecule has 0 radical (unpaired) electrons. The molecule has 180 valence electrons. The van der Waals surface area contributed by atoms with Crippen LogP contribution in [0.15, 0.2) is 30.3 Å². The smallest absolute Gasteiger partial charge is 0.326 e. The Morgan fingerprint density at radius 2 is 1.64 bits per heavy atom. The Labute approximate surface area is 194 Å². The molecule has 3 rings (SSSR count). The van der Waals surface area contributed by atoms with E-state index in [9.17, 15) is 24.3 Å². The van der Waals surface area contributed by atoms with Gasteiger partial charge in [-0.2, -0.15) is 0 Å². The van der Waals surface area contributed by atoms with E-state index in [1.165, 1.54) is 4.90 Å². The van der Waals surface area contributed by atoms with Crippen LogP contribution in [0.5, 0.6) is 0 Å². The highest BCUT2D eigenvalue weighted by Crippen LogP contribution is 2.26. The number of aliphatic carboxylic acids is 1. The zero-order valence-electron chi connectivity index (χ0n) is 19.3. The number of hydrogen-bond donors (Lipinski definition) is 3. The van der Waals surface area contributed by atoms with Gasteiger partial charge in [0.1, 0.15) is 18.1 Å². The molecule has 9 nitrogen and oxygen atoms in total. The molecule has 2 aliphatic heterocycles. The van der Waals surface area contributed by atoms with Crippen LogP contribution in [0.4, 0.5) is 0 Å². The first-order valence-corrected chi connectivity index (χ1v) is 11.6. The first kappa shape index (κ1) is 24.7. The number of carbonyl (C=O) groups is 4. The van der Waals surface area contributed by atoms with Gasteiger partial charge in [0.2, 0.25) is 17.7 Å². The molecule has 1 aromatic carbocycles. The summed E-state index contributed by atoms with van der Waals surface area (Å²) in [7, 11) is 0. The van der Waals surface area contributed by atoms with Gasteiger partial charge in [-0.1, -0.05) is 44.2 Å². The Bertz CT molecular complexity index is 875. The molecular weight excluding hydrogens is 424 g/mol. The number of carboxylic acids is 1. The van der Waals surface area contributed by atoms with Gasteiger partial charge in [-0.05, 0) is 37.2 Å². The Kier molecular flexibility index (Phi) is 8.07. The van der Waals surface area contributed by atoms with Gasteiger partial charge in [0, 0.05) is 19.5 Å². The highest BCUT2D eigenvalue weighted by molar-refractivity contribution is 5.95. The standard InChI is InChI=1S/C24H34N4O5/c1-15(2)20(25)23(31)28-13-7-11-19(28)22(30)27-12-6-10-18(27)21(29)26-17(24(32)33)14-16-8-4-3-5-9-16/h3-5,8-9,15,17-20H,6-7,10-14,25H2,1-2H3,(H,26,29)(H,32,33)/t17-,18-,19-,20-/m0/s1. The van der Waals surface area contributed by atoms with Crippen molar-refractivity contribution in [3.8, 4) is 0 Å². The first-order chi connectivity index (χ1) is 15.7. The molecule has 33 heavy (non-hydrogen) atoms. The molecule has 2 heterocycles. The predicted molar refractivity (Wildman–Crippen MR) is 122 cm³/mol. The van der Waals surface area contributed by atoms with Crippen molar-refractivity contribution in [1.29, 1.82) is 0 Å². The largest absolute Gasteiger partial charge is 0.480 e. The second kappa shape index (κ2) is 10.8. The quantitative estimate of drug-likeness (QED) is 0.527. The summed E-state index contributed by atoms with van der Waals surface area (Å²) in [6, 6.07) is 5.94. The lowest BCUT2D eigenvalue weighted by atomic mass is 10.0. The Balaban J connectivity index is 1.68. The minimum Gasteiger partial charge on any atom is -0.480 e. The number of hydrogen-bond acceptors (Lipinski definition) is 5. The van der Waals surface area contributed by atoms with Crippen LogP contribution in [-0.4, -0.2) is 75.9 Å². The molecule has 0 aromatic heterocycles. The van der Waals surface area contributed by atoms with E-state index >= 15 is 0 Å². The molecule has 0 spiro atoms. The van der Waals surface area contributed by atoms with Crippen molar-refractivity contribution >= 4 is 23.7 Å². The maximum atomic E-state index is 13.4. The van der Waals surface area contributed by atoms with Crippen molar-refractivity contribution in [2.75, 3.05) is 13.1 Å². The van der Waals surface area contributed by atoms with Crippen LogP contribution in [0.1, 0.15) is 45.1 Å². The third kappa shape index (κ3) is 5.71. The van der Waals surface area contributed by atoms with Crippen LogP contribution < -0.4 is 11.1 Å². The number of amides is 3. The number of nitrogens with two attached hydrogens (primary N) is 1. The summed E-state index contributed by atoms with van der Waals surface area (Å²) in [6.45, 7) is 4.61. The van der Waals surface area contributed by atoms with E-state index in [1.807, 2.05) is 32.0 Å². The van der Waals surface area contributed by atoms with Crippen molar-refractivity contribution in [3.05, 3.63) is 35.9 Å². The van der Waals surface area contributed by atoms with Crippen LogP contribution in [0.3, 0.4) is 0 Å². The zero-order valence-corrected chi connectivity index (χ0v) is 19.3. The molecule has 2 fully saturated rings. The van der Waals surface area contributed by atoms with Crippen LogP contribution in [0, 0.1) is 5.92 Å². The van der Waals surface area contributed by atoms with E-state index in [0.717, 1.165) is 5.56 Å². The highest BCUT2D eigenvalue weighted by Gasteiger charge is 2.43. The number of rotatable bonds is 8. The van der Waals surface area contributed by atoms with Gasteiger partial charge in [-0.3, -0.25) is 14.4 Å². The maximum absolute atomic E-state index is 13.4. The lowest BCUT2D eigenvalue weighted by molar-refractivity contribution is -0.148. The molecule has 4 N–H and O–H groups in total. The monoisotopic (exact) mass is 458 g/mol. The van der Waals surface area contributed by atoms with Crippen LogP contribution >= 0.6 is 0 Å². The fraction of sp³-hybridized carbons (Fsp3) is 0.583. The summed E-state index contributed by atoms with van der Waals surface area (Å²) in [5.41, 5.74) is 6.84. The van der Waals surface area contributed by atoms with Crippen molar-refractivity contribution in [3.63, 3.8) is 0 Å². The minimum atomic E-state index is -1.13. The van der Waals surface area contributed by atoms with Gasteiger partial charge in [-0.15, -0.1) is 0 Å². The van der Waals surface area contributed by atoms with Gasteiger partial charge in [0.05, 0.1) is 6.04 Å². The van der Waals surface area contributed by atoms with Crippen molar-refractivity contribution in [1.82, 2.24) is 15.1 Å². The van der Waals surface area contributed by atoms with Gasteiger partial charge >= 0.3 is 5.97 Å². The Morgan fingerprint density at radius 1 is 1.03 bits per heavy atom. The summed E-state index contributed by atoms with van der Waals surface area (Å²) < 4.78 is 0. The van der Waals surface area contributed by atoms with Crippen LogP contribution in [-0.2, 0) is 25.6 Å². The maximum Gasteiger partial charge on any atom is 0.326 e. The van der Waals surface area contributed by atoms with E-state index in [2.05, 4.69) is 5.32 Å². The van der Waals surface area contributed by atoms with E-state index in [4.69, 9.17) is 5.73 Å². The first-order valence-electron chi connectivity index (χ1n) is 11.6. The lowest BCUT2D eigenvalue weighted by Crippen LogP contribution is -2.57. The number of benzene rings is 1. The predicted octanol–water partition coefficient (Wildman–Crippen LogP) is 0.764. The van der Waals surface area contributed by atoms with E-state index in [-0.39, 0.29) is 24.2 Å². The third-order valence-corrected chi connectivity index (χ3v) is 6.56. The number of carboxylic acid groups (broad SMARTS) is 1. The summed E-state index contributed by atoms with van der Waals surface area (Å²) in [5, 5.41) is 12.2. The van der Waals surface area contributed by atoms with Gasteiger partial charge in [0.15, 0.2) is 0 Å². The molecule has 2 saturated heterocycles. The second-order valence-corrected chi connectivity index (χ2v) is 9.24. The number of nitrogens with zero attached hydrogens (tertiary/aromatic N) is 2. The van der Waals surface area contributed by atoms with Crippen LogP contribution in [0.2, 0.25) is 0 Å². The molecule has 1 aromatic rings. The Hall–Kier alpha value is -2.94. The zero-order chi connectivity index (χ0) is 24.1. The van der Waals surface area contributed by atoms with Gasteiger partial charge in [-0.25, -0.2) is 4.79 Å². The molecule has 0 unspecified atom stereocenters. The Morgan fingerprint density at radius 3 is 2.24 bits per heavy atom. The third-order valence-electron chi connectivity index (χ3n) is 6.56. The van der Waals surface area contributed by atoms with Crippen molar-refractivity contribution < 1.29 is 24.3 Å². The highest BCUT2D eigenvalue weighted by atomic mass is 16.4. The van der Waals surface area contributed by atoms with Gasteiger partial charge in [0.25, 0.3) is 0 Å². The fourth-order valence-corrected chi connectivity index (χ4v) is 4.58. The topological polar surface area (TPSA) is 133 Å².